The van der Waals surface area contributed by atoms with E-state index < -0.39 is 12.0 Å². The van der Waals surface area contributed by atoms with Gasteiger partial charge in [0, 0.05) is 0 Å². The first kappa shape index (κ1) is 17.8. The Morgan fingerprint density at radius 3 is 2.58 bits per heavy atom. The van der Waals surface area contributed by atoms with Gasteiger partial charge in [0.15, 0.2) is 6.10 Å². The standard InChI is InChI=1S/C17H13Cl2N3O2/c1-11(24-14-5-2-12(9-20)3-6-14)17(23)22-21-10-13-4-7-15(18)16(19)8-13/h2-8,10-11H,1H3,(H,22,23)/b21-10-. The van der Waals surface area contributed by atoms with Gasteiger partial charge in [-0.15, -0.1) is 0 Å². The highest BCUT2D eigenvalue weighted by Gasteiger charge is 2.13. The number of ether oxygens (including phenoxy) is 1. The van der Waals surface area contributed by atoms with Gasteiger partial charge >= 0.3 is 0 Å². The lowest BCUT2D eigenvalue weighted by Gasteiger charge is -2.12. The number of hydrogen-bond acceptors (Lipinski definition) is 4. The summed E-state index contributed by atoms with van der Waals surface area (Å²) in [7, 11) is 0. The fourth-order valence-corrected chi connectivity index (χ4v) is 2.03. The van der Waals surface area contributed by atoms with E-state index in [2.05, 4.69) is 10.5 Å². The molecule has 0 saturated heterocycles. The van der Waals surface area contributed by atoms with Crippen molar-refractivity contribution >= 4 is 35.3 Å². The molecule has 0 saturated carbocycles. The summed E-state index contributed by atoms with van der Waals surface area (Å²) in [4.78, 5) is 11.9. The lowest BCUT2D eigenvalue weighted by atomic mass is 10.2. The molecule has 7 heteroatoms. The van der Waals surface area contributed by atoms with Crippen molar-refractivity contribution in [2.45, 2.75) is 13.0 Å². The molecule has 0 aromatic heterocycles. The molecule has 122 valence electrons. The smallest absolute Gasteiger partial charge is 0.280 e. The van der Waals surface area contributed by atoms with Gasteiger partial charge in [0.2, 0.25) is 0 Å². The molecule has 0 heterocycles. The molecule has 0 bridgehead atoms. The first-order chi connectivity index (χ1) is 11.5. The molecule has 0 aliphatic carbocycles. The van der Waals surface area contributed by atoms with E-state index in [-0.39, 0.29) is 0 Å². The molecule has 1 unspecified atom stereocenters. The molecule has 0 radical (unpaired) electrons. The second kappa shape index (κ2) is 8.34. The van der Waals surface area contributed by atoms with Crippen LogP contribution in [-0.4, -0.2) is 18.2 Å². The highest BCUT2D eigenvalue weighted by atomic mass is 35.5. The molecule has 5 nitrogen and oxygen atoms in total. The Morgan fingerprint density at radius 2 is 1.96 bits per heavy atom. The lowest BCUT2D eigenvalue weighted by molar-refractivity contribution is -0.127. The van der Waals surface area contributed by atoms with E-state index in [0.717, 1.165) is 0 Å². The molecule has 1 N–H and O–H groups in total. The Kier molecular flexibility index (Phi) is 6.19. The van der Waals surface area contributed by atoms with Crippen molar-refractivity contribution in [3.8, 4) is 11.8 Å². The van der Waals surface area contributed by atoms with E-state index in [0.29, 0.717) is 26.9 Å². The van der Waals surface area contributed by atoms with Crippen molar-refractivity contribution in [2.75, 3.05) is 0 Å². The molecular formula is C17H13Cl2N3O2. The van der Waals surface area contributed by atoms with Gasteiger partial charge in [0.25, 0.3) is 5.91 Å². The molecule has 1 atom stereocenters. The Morgan fingerprint density at radius 1 is 1.25 bits per heavy atom. The predicted molar refractivity (Wildman–Crippen MR) is 93.4 cm³/mol. The fraction of sp³-hybridized carbons (Fsp3) is 0.118. The second-order valence-electron chi connectivity index (χ2n) is 4.80. The van der Waals surface area contributed by atoms with Gasteiger partial charge in [-0.3, -0.25) is 4.79 Å². The summed E-state index contributed by atoms with van der Waals surface area (Å²) in [6.07, 6.45) is 0.707. The van der Waals surface area contributed by atoms with Gasteiger partial charge in [-0.25, -0.2) is 5.43 Å². The maximum Gasteiger partial charge on any atom is 0.280 e. The largest absolute Gasteiger partial charge is 0.481 e. The van der Waals surface area contributed by atoms with Crippen molar-refractivity contribution in [1.29, 1.82) is 5.26 Å². The van der Waals surface area contributed by atoms with Crippen molar-refractivity contribution in [2.24, 2.45) is 5.10 Å². The zero-order chi connectivity index (χ0) is 17.5. The van der Waals surface area contributed by atoms with Crippen LogP contribution in [0.15, 0.2) is 47.6 Å². The quantitative estimate of drug-likeness (QED) is 0.650. The van der Waals surface area contributed by atoms with Gasteiger partial charge in [-0.2, -0.15) is 10.4 Å². The third-order valence-electron chi connectivity index (χ3n) is 3.00. The SMILES string of the molecule is CC(Oc1ccc(C#N)cc1)C(=O)N/N=C\c1ccc(Cl)c(Cl)c1. The summed E-state index contributed by atoms with van der Waals surface area (Å²) in [6.45, 7) is 1.60. The first-order valence-electron chi connectivity index (χ1n) is 6.94. The zero-order valence-electron chi connectivity index (χ0n) is 12.7. The summed E-state index contributed by atoms with van der Waals surface area (Å²) < 4.78 is 5.48. The minimum absolute atomic E-state index is 0.407. The molecular weight excluding hydrogens is 349 g/mol. The Hall–Kier alpha value is -2.55. The molecule has 2 aromatic rings. The third-order valence-corrected chi connectivity index (χ3v) is 3.74. The van der Waals surface area contributed by atoms with Crippen molar-refractivity contribution in [3.63, 3.8) is 0 Å². The number of carbonyl (C=O) groups excluding carboxylic acids is 1. The van der Waals surface area contributed by atoms with Crippen LogP contribution in [0.3, 0.4) is 0 Å². The van der Waals surface area contributed by atoms with Crippen LogP contribution in [-0.2, 0) is 4.79 Å². The van der Waals surface area contributed by atoms with Gasteiger partial charge in [0.1, 0.15) is 5.75 Å². The number of amides is 1. The molecule has 0 fully saturated rings. The maximum atomic E-state index is 11.9. The fourth-order valence-electron chi connectivity index (χ4n) is 1.72. The van der Waals surface area contributed by atoms with E-state index in [4.69, 9.17) is 33.2 Å². The Bertz CT molecular complexity index is 798. The third kappa shape index (κ3) is 4.98. The summed E-state index contributed by atoms with van der Waals surface area (Å²) in [5.41, 5.74) is 3.60. The van der Waals surface area contributed by atoms with E-state index in [1.807, 2.05) is 6.07 Å². The topological polar surface area (TPSA) is 74.5 Å². The zero-order valence-corrected chi connectivity index (χ0v) is 14.2. The minimum atomic E-state index is -0.746. The number of carbonyl (C=O) groups is 1. The predicted octanol–water partition coefficient (Wildman–Crippen LogP) is 3.78. The number of rotatable bonds is 5. The van der Waals surface area contributed by atoms with Gasteiger partial charge in [-0.1, -0.05) is 29.3 Å². The molecule has 2 aromatic carbocycles. The van der Waals surface area contributed by atoms with Gasteiger partial charge in [0.05, 0.1) is 27.9 Å². The average Bonchev–Trinajstić information content (AvgIpc) is 2.58. The number of hydrogen-bond donors (Lipinski definition) is 1. The van der Waals surface area contributed by atoms with Gasteiger partial charge in [-0.05, 0) is 48.9 Å². The monoisotopic (exact) mass is 361 g/mol. The number of nitrogens with one attached hydrogen (secondary N) is 1. The lowest BCUT2D eigenvalue weighted by Crippen LogP contribution is -2.33. The molecule has 0 spiro atoms. The molecule has 1 amide bonds. The van der Waals surface area contributed by atoms with Crippen LogP contribution in [0.4, 0.5) is 0 Å². The highest BCUT2D eigenvalue weighted by molar-refractivity contribution is 6.42. The molecule has 24 heavy (non-hydrogen) atoms. The van der Waals surface area contributed by atoms with Crippen LogP contribution in [0.2, 0.25) is 10.0 Å². The molecule has 2 rings (SSSR count). The van der Waals surface area contributed by atoms with Crippen LogP contribution in [0.25, 0.3) is 0 Å². The maximum absolute atomic E-state index is 11.9. The van der Waals surface area contributed by atoms with Crippen LogP contribution < -0.4 is 10.2 Å². The molecule has 0 aliphatic rings. The Balaban J connectivity index is 1.89. The minimum Gasteiger partial charge on any atom is -0.481 e. The van der Waals surface area contributed by atoms with Crippen LogP contribution >= 0.6 is 23.2 Å². The number of hydrazone groups is 1. The number of nitrogens with zero attached hydrogens (tertiary/aromatic N) is 2. The summed E-state index contributed by atoms with van der Waals surface area (Å²) in [6, 6.07) is 13.5. The number of halogens is 2. The normalized spacial score (nSPS) is 11.8. The number of nitriles is 1. The van der Waals surface area contributed by atoms with Crippen LogP contribution in [0, 0.1) is 11.3 Å². The van der Waals surface area contributed by atoms with Crippen molar-refractivity contribution in [3.05, 3.63) is 63.6 Å². The summed E-state index contributed by atoms with van der Waals surface area (Å²) >= 11 is 11.7. The van der Waals surface area contributed by atoms with Crippen LogP contribution in [0.5, 0.6) is 5.75 Å². The van der Waals surface area contributed by atoms with Crippen molar-refractivity contribution < 1.29 is 9.53 Å². The van der Waals surface area contributed by atoms with E-state index >= 15 is 0 Å². The first-order valence-corrected chi connectivity index (χ1v) is 7.70. The van der Waals surface area contributed by atoms with E-state index in [9.17, 15) is 4.79 Å². The van der Waals surface area contributed by atoms with E-state index in [1.165, 1.54) is 6.21 Å². The summed E-state index contributed by atoms with van der Waals surface area (Å²) in [5, 5.41) is 13.4. The second-order valence-corrected chi connectivity index (χ2v) is 5.62. The Labute approximate surface area is 149 Å². The number of benzene rings is 2. The highest BCUT2D eigenvalue weighted by Crippen LogP contribution is 2.21. The van der Waals surface area contributed by atoms with Gasteiger partial charge < -0.3 is 4.74 Å². The summed E-state index contributed by atoms with van der Waals surface area (Å²) in [5.74, 6) is 0.0841. The van der Waals surface area contributed by atoms with Crippen molar-refractivity contribution in [1.82, 2.24) is 5.43 Å². The van der Waals surface area contributed by atoms with E-state index in [1.54, 1.807) is 49.4 Å². The van der Waals surface area contributed by atoms with Crippen LogP contribution in [0.1, 0.15) is 18.1 Å². The molecule has 0 aliphatic heterocycles. The average molecular weight is 362 g/mol.